The van der Waals surface area contributed by atoms with Crippen molar-refractivity contribution < 1.29 is 17.2 Å². The minimum atomic E-state index is -4.60. The van der Waals surface area contributed by atoms with Crippen LogP contribution in [-0.2, 0) is 9.84 Å². The van der Waals surface area contributed by atoms with E-state index < -0.39 is 20.5 Å². The van der Waals surface area contributed by atoms with E-state index in [0.717, 1.165) is 5.69 Å². The minimum Gasteiger partial charge on any atom is -0.365 e. The lowest BCUT2D eigenvalue weighted by atomic mass is 10.1. The van der Waals surface area contributed by atoms with Gasteiger partial charge in [0.15, 0.2) is 11.5 Å². The third kappa shape index (κ3) is 3.68. The smallest absolute Gasteiger partial charge is 0.341 e. The standard InChI is InChI=1S/C17H17F2N5O2S/c1-12-11-23(16-15(10-20)21-6-7-22-16)8-9-24(12)13-2-4-14(5-3-13)27(25,26)17(18)19/h2-7,12,17H,8-9,11H2,1H3. The van der Waals surface area contributed by atoms with E-state index in [0.29, 0.717) is 25.5 Å². The van der Waals surface area contributed by atoms with E-state index >= 15 is 0 Å². The van der Waals surface area contributed by atoms with Crippen molar-refractivity contribution in [3.8, 4) is 6.07 Å². The molecule has 0 N–H and O–H groups in total. The average molecular weight is 393 g/mol. The fourth-order valence-corrected chi connectivity index (χ4v) is 3.83. The highest BCUT2D eigenvalue weighted by Crippen LogP contribution is 2.26. The van der Waals surface area contributed by atoms with Crippen LogP contribution in [0.2, 0.25) is 0 Å². The predicted molar refractivity (Wildman–Crippen MR) is 95.4 cm³/mol. The second-order valence-electron chi connectivity index (χ2n) is 6.13. The molecule has 1 aliphatic heterocycles. The number of halogens is 2. The van der Waals surface area contributed by atoms with Gasteiger partial charge in [-0.2, -0.15) is 14.0 Å². The van der Waals surface area contributed by atoms with Gasteiger partial charge in [0.1, 0.15) is 6.07 Å². The van der Waals surface area contributed by atoms with Crippen LogP contribution in [0.25, 0.3) is 0 Å². The summed E-state index contributed by atoms with van der Waals surface area (Å²) in [4.78, 5) is 11.9. The quantitative estimate of drug-likeness (QED) is 0.785. The molecule has 7 nitrogen and oxygen atoms in total. The molecular formula is C17H17F2N5O2S. The van der Waals surface area contributed by atoms with Crippen LogP contribution in [0, 0.1) is 11.3 Å². The predicted octanol–water partition coefficient (Wildman–Crippen LogP) is 2.06. The third-order valence-electron chi connectivity index (χ3n) is 4.44. The number of anilines is 2. The van der Waals surface area contributed by atoms with Crippen LogP contribution in [0.15, 0.2) is 41.6 Å². The first-order valence-electron chi connectivity index (χ1n) is 8.19. The summed E-state index contributed by atoms with van der Waals surface area (Å²) in [6.45, 7) is 3.77. The molecule has 1 atom stereocenters. The van der Waals surface area contributed by atoms with Crippen molar-refractivity contribution in [1.29, 1.82) is 5.26 Å². The molecule has 1 saturated heterocycles. The fourth-order valence-electron chi connectivity index (χ4n) is 3.10. The number of hydrogen-bond donors (Lipinski definition) is 0. The maximum absolute atomic E-state index is 12.6. The van der Waals surface area contributed by atoms with Crippen molar-refractivity contribution in [2.75, 3.05) is 29.4 Å². The van der Waals surface area contributed by atoms with Gasteiger partial charge in [0.05, 0.1) is 4.90 Å². The van der Waals surface area contributed by atoms with E-state index in [4.69, 9.17) is 0 Å². The number of piperazine rings is 1. The molecule has 1 aromatic heterocycles. The second kappa shape index (κ2) is 7.44. The largest absolute Gasteiger partial charge is 0.365 e. The number of benzene rings is 1. The Hall–Kier alpha value is -2.80. The number of nitriles is 1. The number of aromatic nitrogens is 2. The lowest BCUT2D eigenvalue weighted by molar-refractivity contribution is 0.234. The summed E-state index contributed by atoms with van der Waals surface area (Å²) >= 11 is 0. The maximum atomic E-state index is 12.6. The Morgan fingerprint density at radius 2 is 1.85 bits per heavy atom. The maximum Gasteiger partial charge on any atom is 0.341 e. The molecule has 1 unspecified atom stereocenters. The van der Waals surface area contributed by atoms with Gasteiger partial charge >= 0.3 is 5.76 Å². The molecule has 1 aliphatic rings. The van der Waals surface area contributed by atoms with Gasteiger partial charge in [-0.25, -0.2) is 18.4 Å². The molecule has 3 rings (SSSR count). The Morgan fingerprint density at radius 1 is 1.19 bits per heavy atom. The van der Waals surface area contributed by atoms with Crippen molar-refractivity contribution in [3.63, 3.8) is 0 Å². The normalized spacial score (nSPS) is 17.8. The molecule has 2 aromatic rings. The molecular weight excluding hydrogens is 376 g/mol. The zero-order valence-corrected chi connectivity index (χ0v) is 15.3. The van der Waals surface area contributed by atoms with E-state index in [1.807, 2.05) is 17.9 Å². The van der Waals surface area contributed by atoms with Crippen molar-refractivity contribution in [2.45, 2.75) is 23.6 Å². The van der Waals surface area contributed by atoms with Gasteiger partial charge in [0, 0.05) is 43.8 Å². The molecule has 0 bridgehead atoms. The summed E-state index contributed by atoms with van der Waals surface area (Å²) in [5, 5.41) is 9.18. The zero-order chi connectivity index (χ0) is 19.6. The molecule has 0 saturated carbocycles. The van der Waals surface area contributed by atoms with Crippen LogP contribution >= 0.6 is 0 Å². The van der Waals surface area contributed by atoms with E-state index in [1.54, 1.807) is 0 Å². The van der Waals surface area contributed by atoms with Gasteiger partial charge < -0.3 is 9.80 Å². The lowest BCUT2D eigenvalue weighted by Gasteiger charge is -2.41. The van der Waals surface area contributed by atoms with Crippen molar-refractivity contribution in [3.05, 3.63) is 42.4 Å². The van der Waals surface area contributed by atoms with Gasteiger partial charge in [-0.3, -0.25) is 0 Å². The molecule has 1 aromatic carbocycles. The second-order valence-corrected chi connectivity index (χ2v) is 8.05. The molecule has 0 spiro atoms. The van der Waals surface area contributed by atoms with Crippen molar-refractivity contribution >= 4 is 21.3 Å². The number of hydrogen-bond acceptors (Lipinski definition) is 7. The molecule has 142 valence electrons. The number of alkyl halides is 2. The molecule has 0 aliphatic carbocycles. The molecule has 10 heteroatoms. The van der Waals surface area contributed by atoms with Crippen LogP contribution in [0.5, 0.6) is 0 Å². The van der Waals surface area contributed by atoms with Crippen LogP contribution in [0.3, 0.4) is 0 Å². The highest BCUT2D eigenvalue weighted by Gasteiger charge is 2.29. The summed E-state index contributed by atoms with van der Waals surface area (Å²) in [5.41, 5.74) is 1.01. The Morgan fingerprint density at radius 3 is 2.44 bits per heavy atom. The molecule has 0 amide bonds. The summed E-state index contributed by atoms with van der Waals surface area (Å²) < 4.78 is 48.4. The van der Waals surface area contributed by atoms with Crippen molar-refractivity contribution in [1.82, 2.24) is 9.97 Å². The highest BCUT2D eigenvalue weighted by molar-refractivity contribution is 7.91. The molecule has 0 radical (unpaired) electrons. The monoisotopic (exact) mass is 393 g/mol. The number of rotatable bonds is 4. The van der Waals surface area contributed by atoms with E-state index in [2.05, 4.69) is 14.9 Å². The first-order chi connectivity index (χ1) is 12.8. The topological polar surface area (TPSA) is 90.2 Å². The Labute approximate surface area is 155 Å². The molecule has 2 heterocycles. The number of sulfone groups is 1. The van der Waals surface area contributed by atoms with Crippen LogP contribution in [0.4, 0.5) is 20.3 Å². The highest BCUT2D eigenvalue weighted by atomic mass is 32.2. The van der Waals surface area contributed by atoms with Crippen LogP contribution < -0.4 is 9.80 Å². The first kappa shape index (κ1) is 19.0. The molecule has 1 fully saturated rings. The van der Waals surface area contributed by atoms with Gasteiger partial charge in [0.25, 0.3) is 0 Å². The molecule has 27 heavy (non-hydrogen) atoms. The zero-order valence-electron chi connectivity index (χ0n) is 14.5. The SMILES string of the molecule is CC1CN(c2nccnc2C#N)CCN1c1ccc(S(=O)(=O)C(F)F)cc1. The Kier molecular flexibility index (Phi) is 5.23. The Bertz CT molecular complexity index is 960. The van der Waals surface area contributed by atoms with Crippen LogP contribution in [0.1, 0.15) is 12.6 Å². The third-order valence-corrected chi connectivity index (χ3v) is 5.84. The first-order valence-corrected chi connectivity index (χ1v) is 9.74. The van der Waals surface area contributed by atoms with Gasteiger partial charge in [0.2, 0.25) is 9.84 Å². The van der Waals surface area contributed by atoms with E-state index in [-0.39, 0.29) is 11.7 Å². The number of nitrogens with zero attached hydrogens (tertiary/aromatic N) is 5. The van der Waals surface area contributed by atoms with Gasteiger partial charge in [-0.15, -0.1) is 0 Å². The van der Waals surface area contributed by atoms with E-state index in [1.165, 1.54) is 36.7 Å². The van der Waals surface area contributed by atoms with Gasteiger partial charge in [-0.05, 0) is 31.2 Å². The lowest BCUT2D eigenvalue weighted by Crippen LogP contribution is -2.52. The fraction of sp³-hybridized carbons (Fsp3) is 0.353. The van der Waals surface area contributed by atoms with Gasteiger partial charge in [-0.1, -0.05) is 0 Å². The Balaban J connectivity index is 1.76. The average Bonchev–Trinajstić information content (AvgIpc) is 2.68. The summed E-state index contributed by atoms with van der Waals surface area (Å²) in [6.07, 6.45) is 3.01. The van der Waals surface area contributed by atoms with Crippen LogP contribution in [-0.4, -0.2) is 49.8 Å². The van der Waals surface area contributed by atoms with Crippen molar-refractivity contribution in [2.24, 2.45) is 0 Å². The summed E-state index contributed by atoms with van der Waals surface area (Å²) in [7, 11) is -4.60. The summed E-state index contributed by atoms with van der Waals surface area (Å²) in [6, 6.07) is 7.53. The van der Waals surface area contributed by atoms with E-state index in [9.17, 15) is 22.5 Å². The minimum absolute atomic E-state index is 0.0323. The summed E-state index contributed by atoms with van der Waals surface area (Å²) in [5.74, 6) is -2.91.